The van der Waals surface area contributed by atoms with Crippen molar-refractivity contribution in [1.29, 1.82) is 0 Å². The number of hydrogen-bond acceptors (Lipinski definition) is 6. The second-order valence-corrected chi connectivity index (χ2v) is 9.44. The van der Waals surface area contributed by atoms with Gasteiger partial charge in [0.05, 0.1) is 9.82 Å². The van der Waals surface area contributed by atoms with Gasteiger partial charge in [-0.05, 0) is 43.8 Å². The predicted octanol–water partition coefficient (Wildman–Crippen LogP) is 3.36. The van der Waals surface area contributed by atoms with Gasteiger partial charge in [0.1, 0.15) is 5.69 Å². The molecule has 0 spiro atoms. The summed E-state index contributed by atoms with van der Waals surface area (Å²) in [5.41, 5.74) is 0.829. The van der Waals surface area contributed by atoms with Gasteiger partial charge in [0.25, 0.3) is 5.69 Å². The first-order chi connectivity index (χ1) is 13.7. The number of nitro groups is 1. The quantitative estimate of drug-likeness (QED) is 0.548. The van der Waals surface area contributed by atoms with E-state index in [1.165, 1.54) is 16.4 Å². The maximum atomic E-state index is 12.9. The van der Waals surface area contributed by atoms with Crippen molar-refractivity contribution in [2.45, 2.75) is 17.9 Å². The van der Waals surface area contributed by atoms with Crippen LogP contribution in [0.25, 0.3) is 0 Å². The van der Waals surface area contributed by atoms with E-state index in [9.17, 15) is 18.5 Å². The summed E-state index contributed by atoms with van der Waals surface area (Å²) in [5.74, 6) is 0. The summed E-state index contributed by atoms with van der Waals surface area (Å²) in [6, 6.07) is 10.9. The maximum Gasteiger partial charge on any atom is 0.293 e. The molecule has 0 saturated carbocycles. The van der Waals surface area contributed by atoms with Gasteiger partial charge in [-0.3, -0.25) is 10.1 Å². The molecular formula is C19H23ClN4O4S. The number of halogens is 1. The molecule has 1 saturated heterocycles. The number of hydrogen-bond donors (Lipinski definition) is 1. The van der Waals surface area contributed by atoms with Gasteiger partial charge in [-0.1, -0.05) is 23.7 Å². The molecule has 0 unspecified atom stereocenters. The summed E-state index contributed by atoms with van der Waals surface area (Å²) in [4.78, 5) is 13.0. The fourth-order valence-electron chi connectivity index (χ4n) is 3.22. The van der Waals surface area contributed by atoms with E-state index in [-0.39, 0.29) is 22.3 Å². The topological polar surface area (TPSA) is 95.8 Å². The highest BCUT2D eigenvalue weighted by atomic mass is 35.5. The van der Waals surface area contributed by atoms with Crippen molar-refractivity contribution in [3.63, 3.8) is 0 Å². The molecule has 3 rings (SSSR count). The predicted molar refractivity (Wildman–Crippen MR) is 113 cm³/mol. The zero-order valence-electron chi connectivity index (χ0n) is 16.2. The largest absolute Gasteiger partial charge is 0.373 e. The van der Waals surface area contributed by atoms with Crippen molar-refractivity contribution >= 4 is 33.0 Å². The zero-order chi connectivity index (χ0) is 21.2. The molecule has 8 nitrogen and oxygen atoms in total. The van der Waals surface area contributed by atoms with Crippen molar-refractivity contribution in [3.05, 3.63) is 63.2 Å². The Morgan fingerprint density at radius 3 is 2.45 bits per heavy atom. The molecule has 1 fully saturated rings. The van der Waals surface area contributed by atoms with Crippen molar-refractivity contribution in [2.24, 2.45) is 0 Å². The smallest absolute Gasteiger partial charge is 0.293 e. The lowest BCUT2D eigenvalue weighted by atomic mass is 10.1. The molecule has 1 aliphatic heterocycles. The van der Waals surface area contributed by atoms with Crippen molar-refractivity contribution < 1.29 is 13.3 Å². The number of likely N-dealkylation sites (N-methyl/N-ethyl adjacent to an activating group) is 1. The van der Waals surface area contributed by atoms with E-state index >= 15 is 0 Å². The molecule has 1 atom stereocenters. The number of nitrogens with zero attached hydrogens (tertiary/aromatic N) is 3. The van der Waals surface area contributed by atoms with Gasteiger partial charge < -0.3 is 10.2 Å². The van der Waals surface area contributed by atoms with Crippen molar-refractivity contribution in [2.75, 3.05) is 38.5 Å². The van der Waals surface area contributed by atoms with Gasteiger partial charge in [0.15, 0.2) is 0 Å². The summed E-state index contributed by atoms with van der Waals surface area (Å²) >= 11 is 6.02. The third-order valence-electron chi connectivity index (χ3n) is 4.99. The molecule has 0 amide bonds. The molecule has 1 N–H and O–H groups in total. The second-order valence-electron chi connectivity index (χ2n) is 7.06. The van der Waals surface area contributed by atoms with Gasteiger partial charge in [0.2, 0.25) is 10.0 Å². The lowest BCUT2D eigenvalue weighted by Crippen LogP contribution is -2.47. The first-order valence-corrected chi connectivity index (χ1v) is 11.0. The van der Waals surface area contributed by atoms with Crippen LogP contribution in [0, 0.1) is 10.1 Å². The summed E-state index contributed by atoms with van der Waals surface area (Å²) in [7, 11) is -1.86. The third kappa shape index (κ3) is 4.87. The van der Waals surface area contributed by atoms with Crippen LogP contribution in [0.2, 0.25) is 5.02 Å². The average Bonchev–Trinajstić information content (AvgIpc) is 2.68. The van der Waals surface area contributed by atoms with Crippen LogP contribution in [0.15, 0.2) is 47.4 Å². The van der Waals surface area contributed by atoms with E-state index in [4.69, 9.17) is 11.6 Å². The molecule has 156 valence electrons. The first-order valence-electron chi connectivity index (χ1n) is 9.17. The Balaban J connectivity index is 1.88. The van der Waals surface area contributed by atoms with Gasteiger partial charge >= 0.3 is 0 Å². The number of piperazine rings is 1. The Hall–Kier alpha value is -2.20. The highest BCUT2D eigenvalue weighted by Crippen LogP contribution is 2.32. The van der Waals surface area contributed by atoms with Crippen LogP contribution < -0.4 is 5.32 Å². The fraction of sp³-hybridized carbons (Fsp3) is 0.368. The number of nitrogens with one attached hydrogen (secondary N) is 1. The Labute approximate surface area is 175 Å². The summed E-state index contributed by atoms with van der Waals surface area (Å²) in [6.07, 6.45) is 0. The normalized spacial score (nSPS) is 17.1. The Bertz CT molecular complexity index is 1010. The molecule has 0 bridgehead atoms. The Morgan fingerprint density at radius 1 is 1.14 bits per heavy atom. The molecule has 10 heteroatoms. The summed E-state index contributed by atoms with van der Waals surface area (Å²) in [6.45, 7) is 3.82. The molecule has 29 heavy (non-hydrogen) atoms. The van der Waals surface area contributed by atoms with Crippen LogP contribution in [-0.4, -0.2) is 55.8 Å². The van der Waals surface area contributed by atoms with Crippen LogP contribution in [0.3, 0.4) is 0 Å². The first kappa shape index (κ1) is 21.5. The molecular weight excluding hydrogens is 416 g/mol. The number of nitro benzene ring substituents is 1. The van der Waals surface area contributed by atoms with E-state index in [0.29, 0.717) is 31.2 Å². The zero-order valence-corrected chi connectivity index (χ0v) is 17.8. The molecule has 0 aliphatic carbocycles. The Kier molecular flexibility index (Phi) is 6.42. The van der Waals surface area contributed by atoms with E-state index in [1.54, 1.807) is 18.2 Å². The minimum absolute atomic E-state index is 0.0743. The van der Waals surface area contributed by atoms with Crippen LogP contribution in [0.1, 0.15) is 18.5 Å². The fourth-order valence-corrected chi connectivity index (χ4v) is 4.86. The Morgan fingerprint density at radius 2 is 1.83 bits per heavy atom. The maximum absolute atomic E-state index is 12.9. The van der Waals surface area contributed by atoms with Crippen molar-refractivity contribution in [1.82, 2.24) is 9.21 Å². The van der Waals surface area contributed by atoms with Gasteiger partial charge in [-0.25, -0.2) is 8.42 Å². The molecule has 2 aromatic carbocycles. The number of sulfonamides is 1. The van der Waals surface area contributed by atoms with Crippen LogP contribution in [0.4, 0.5) is 11.4 Å². The lowest BCUT2D eigenvalue weighted by molar-refractivity contribution is -0.384. The van der Waals surface area contributed by atoms with E-state index in [2.05, 4.69) is 5.32 Å². The van der Waals surface area contributed by atoms with E-state index in [0.717, 1.165) is 11.6 Å². The minimum atomic E-state index is -3.79. The monoisotopic (exact) mass is 438 g/mol. The number of anilines is 1. The van der Waals surface area contributed by atoms with Crippen LogP contribution in [0.5, 0.6) is 0 Å². The molecule has 1 aliphatic rings. The van der Waals surface area contributed by atoms with Crippen LogP contribution >= 0.6 is 11.6 Å². The summed E-state index contributed by atoms with van der Waals surface area (Å²) in [5, 5.41) is 15.3. The standard InChI is InChI=1S/C19H23ClN4O4S/c1-14(15-4-3-5-16(20)12-15)21-18-7-6-17(13-19(18)24(25)26)29(27,28)23-10-8-22(2)9-11-23/h3-7,12-14,21H,8-11H2,1-2H3/t14-/m0/s1. The van der Waals surface area contributed by atoms with Crippen molar-refractivity contribution in [3.8, 4) is 0 Å². The highest BCUT2D eigenvalue weighted by molar-refractivity contribution is 7.89. The second kappa shape index (κ2) is 8.66. The molecule has 2 aromatic rings. The number of rotatable bonds is 6. The van der Waals surface area contributed by atoms with Gasteiger partial charge in [-0.2, -0.15) is 4.31 Å². The third-order valence-corrected chi connectivity index (χ3v) is 7.12. The average molecular weight is 439 g/mol. The summed E-state index contributed by atoms with van der Waals surface area (Å²) < 4.78 is 27.2. The highest BCUT2D eigenvalue weighted by Gasteiger charge is 2.30. The SMILES string of the molecule is C[C@H](Nc1ccc(S(=O)(=O)N2CCN(C)CC2)cc1[N+](=O)[O-])c1cccc(Cl)c1. The molecule has 0 aromatic heterocycles. The minimum Gasteiger partial charge on any atom is -0.373 e. The van der Waals surface area contributed by atoms with E-state index < -0.39 is 14.9 Å². The van der Waals surface area contributed by atoms with Gasteiger partial charge in [0, 0.05) is 43.3 Å². The molecule has 1 heterocycles. The van der Waals surface area contributed by atoms with Crippen LogP contribution in [-0.2, 0) is 10.0 Å². The number of benzene rings is 2. The lowest BCUT2D eigenvalue weighted by Gasteiger charge is -2.31. The van der Waals surface area contributed by atoms with E-state index in [1.807, 2.05) is 24.9 Å². The van der Waals surface area contributed by atoms with Gasteiger partial charge in [-0.15, -0.1) is 0 Å². The molecule has 0 radical (unpaired) electrons.